The molecule has 2 rings (SSSR count). The fourth-order valence-corrected chi connectivity index (χ4v) is 2.04. The first kappa shape index (κ1) is 14.6. The average Bonchev–Trinajstić information content (AvgIpc) is 2.86. The number of rotatable bonds is 4. The largest absolute Gasteiger partial charge is 0.496 e. The minimum atomic E-state index is 0.0632. The Morgan fingerprint density at radius 1 is 1.30 bits per heavy atom. The van der Waals surface area contributed by atoms with Gasteiger partial charge in [-0.15, -0.1) is 0 Å². The summed E-state index contributed by atoms with van der Waals surface area (Å²) in [7, 11) is 1.65. The molecule has 0 amide bonds. The van der Waals surface area contributed by atoms with Gasteiger partial charge in [0.15, 0.2) is 0 Å². The molecule has 0 bridgehead atoms. The quantitative estimate of drug-likeness (QED) is 0.930. The monoisotopic (exact) mass is 274 g/mol. The van der Waals surface area contributed by atoms with Crippen molar-refractivity contribution in [2.45, 2.75) is 32.6 Å². The van der Waals surface area contributed by atoms with Crippen molar-refractivity contribution in [2.24, 2.45) is 5.73 Å². The second kappa shape index (κ2) is 5.67. The number of benzene rings is 1. The van der Waals surface area contributed by atoms with E-state index in [1.54, 1.807) is 13.4 Å². The lowest BCUT2D eigenvalue weighted by molar-refractivity contribution is 0.413. The lowest BCUT2D eigenvalue weighted by Gasteiger charge is -2.20. The molecule has 1 aromatic heterocycles. The van der Waals surface area contributed by atoms with Gasteiger partial charge in [0, 0.05) is 6.42 Å². The summed E-state index contributed by atoms with van der Waals surface area (Å²) in [5, 5.41) is 0. The lowest BCUT2D eigenvalue weighted by atomic mass is 9.86. The van der Waals surface area contributed by atoms with Crippen LogP contribution in [0, 0.1) is 0 Å². The number of nitrogens with zero attached hydrogens (tertiary/aromatic N) is 1. The highest BCUT2D eigenvalue weighted by Crippen LogP contribution is 2.34. The Kier molecular flexibility index (Phi) is 4.14. The molecule has 0 aliphatic carbocycles. The van der Waals surface area contributed by atoms with Gasteiger partial charge in [-0.2, -0.15) is 0 Å². The smallest absolute Gasteiger partial charge is 0.229 e. The summed E-state index contributed by atoms with van der Waals surface area (Å²) in [6.07, 6.45) is 2.37. The number of aromatic nitrogens is 1. The molecule has 0 radical (unpaired) electrons. The van der Waals surface area contributed by atoms with Gasteiger partial charge < -0.3 is 14.9 Å². The number of oxazole rings is 1. The second-order valence-electron chi connectivity index (χ2n) is 5.85. The van der Waals surface area contributed by atoms with Gasteiger partial charge in [-0.25, -0.2) is 4.98 Å². The van der Waals surface area contributed by atoms with Crippen molar-refractivity contribution in [3.05, 3.63) is 35.7 Å². The third-order valence-electron chi connectivity index (χ3n) is 3.25. The van der Waals surface area contributed by atoms with Gasteiger partial charge in [-0.3, -0.25) is 0 Å². The molecule has 4 heteroatoms. The van der Waals surface area contributed by atoms with Crippen LogP contribution in [0.25, 0.3) is 11.5 Å². The zero-order chi connectivity index (χ0) is 14.8. The third-order valence-corrected chi connectivity index (χ3v) is 3.25. The topological polar surface area (TPSA) is 61.3 Å². The van der Waals surface area contributed by atoms with Crippen LogP contribution in [-0.2, 0) is 11.8 Å². The van der Waals surface area contributed by atoms with Gasteiger partial charge in [-0.1, -0.05) is 26.8 Å². The van der Waals surface area contributed by atoms with E-state index >= 15 is 0 Å². The van der Waals surface area contributed by atoms with Crippen LogP contribution in [0.15, 0.2) is 28.9 Å². The number of methoxy groups -OCH3 is 1. The molecule has 20 heavy (non-hydrogen) atoms. The summed E-state index contributed by atoms with van der Waals surface area (Å²) < 4.78 is 11.0. The molecule has 0 aliphatic rings. The fraction of sp³-hybridized carbons (Fsp3) is 0.438. The molecule has 0 spiro atoms. The molecule has 2 N–H and O–H groups in total. The average molecular weight is 274 g/mol. The Bertz CT molecular complexity index is 582. The van der Waals surface area contributed by atoms with E-state index < -0.39 is 0 Å². The number of hydrogen-bond acceptors (Lipinski definition) is 4. The second-order valence-corrected chi connectivity index (χ2v) is 5.85. The van der Waals surface area contributed by atoms with Crippen LogP contribution in [0.3, 0.4) is 0 Å². The third kappa shape index (κ3) is 3.02. The van der Waals surface area contributed by atoms with Crippen LogP contribution >= 0.6 is 0 Å². The van der Waals surface area contributed by atoms with Crippen LogP contribution in [0.1, 0.15) is 32.0 Å². The van der Waals surface area contributed by atoms with Gasteiger partial charge in [0.2, 0.25) is 5.89 Å². The molecule has 1 aromatic carbocycles. The SMILES string of the molecule is COc1ccc(C(C)(C)C)cc1-c1nc(CCN)co1. The normalized spacial score (nSPS) is 11.7. The van der Waals surface area contributed by atoms with Gasteiger partial charge in [-0.05, 0) is 29.7 Å². The Labute approximate surface area is 120 Å². The maximum atomic E-state index is 5.57. The van der Waals surface area contributed by atoms with Gasteiger partial charge in [0.1, 0.15) is 12.0 Å². The molecule has 0 saturated heterocycles. The molecule has 2 aromatic rings. The first-order valence-corrected chi connectivity index (χ1v) is 6.79. The number of nitrogens with two attached hydrogens (primary N) is 1. The molecule has 0 atom stereocenters. The summed E-state index contributed by atoms with van der Waals surface area (Å²) in [6.45, 7) is 7.08. The highest BCUT2D eigenvalue weighted by Gasteiger charge is 2.19. The van der Waals surface area contributed by atoms with E-state index in [0.29, 0.717) is 18.9 Å². The highest BCUT2D eigenvalue weighted by atomic mass is 16.5. The Morgan fingerprint density at radius 2 is 2.05 bits per heavy atom. The maximum absolute atomic E-state index is 5.57. The molecular weight excluding hydrogens is 252 g/mol. The van der Waals surface area contributed by atoms with E-state index in [-0.39, 0.29) is 5.41 Å². The predicted molar refractivity (Wildman–Crippen MR) is 79.9 cm³/mol. The van der Waals surface area contributed by atoms with Gasteiger partial charge in [0.25, 0.3) is 0 Å². The first-order valence-electron chi connectivity index (χ1n) is 6.79. The van der Waals surface area contributed by atoms with Crippen LogP contribution in [0.5, 0.6) is 5.75 Å². The van der Waals surface area contributed by atoms with Crippen LogP contribution in [0.4, 0.5) is 0 Å². The van der Waals surface area contributed by atoms with E-state index in [2.05, 4.69) is 37.9 Å². The van der Waals surface area contributed by atoms with Crippen molar-refractivity contribution >= 4 is 0 Å². The summed E-state index contributed by atoms with van der Waals surface area (Å²) in [6, 6.07) is 6.12. The zero-order valence-corrected chi connectivity index (χ0v) is 12.6. The molecular formula is C16H22N2O2. The molecule has 0 aliphatic heterocycles. The summed E-state index contributed by atoms with van der Waals surface area (Å²) >= 11 is 0. The van der Waals surface area contributed by atoms with Crippen LogP contribution < -0.4 is 10.5 Å². The maximum Gasteiger partial charge on any atom is 0.229 e. The van der Waals surface area contributed by atoms with E-state index in [1.807, 2.05) is 6.07 Å². The predicted octanol–water partition coefficient (Wildman–Crippen LogP) is 3.15. The Hall–Kier alpha value is -1.81. The van der Waals surface area contributed by atoms with Crippen molar-refractivity contribution in [2.75, 3.05) is 13.7 Å². The molecule has 4 nitrogen and oxygen atoms in total. The molecule has 108 valence electrons. The Morgan fingerprint density at radius 3 is 2.65 bits per heavy atom. The zero-order valence-electron chi connectivity index (χ0n) is 12.6. The number of hydrogen-bond donors (Lipinski definition) is 1. The highest BCUT2D eigenvalue weighted by molar-refractivity contribution is 5.64. The van der Waals surface area contributed by atoms with E-state index in [1.165, 1.54) is 5.56 Å². The molecule has 0 saturated carbocycles. The Balaban J connectivity index is 2.46. The van der Waals surface area contributed by atoms with E-state index in [4.69, 9.17) is 14.9 Å². The minimum absolute atomic E-state index is 0.0632. The summed E-state index contributed by atoms with van der Waals surface area (Å²) in [5.74, 6) is 1.34. The summed E-state index contributed by atoms with van der Waals surface area (Å²) in [5.41, 5.74) is 8.56. The lowest BCUT2D eigenvalue weighted by Crippen LogP contribution is -2.11. The number of ether oxygens (including phenoxy) is 1. The molecule has 0 fully saturated rings. The van der Waals surface area contributed by atoms with Crippen molar-refractivity contribution < 1.29 is 9.15 Å². The van der Waals surface area contributed by atoms with E-state index in [0.717, 1.165) is 17.0 Å². The first-order chi connectivity index (χ1) is 9.45. The van der Waals surface area contributed by atoms with Crippen molar-refractivity contribution in [3.63, 3.8) is 0 Å². The van der Waals surface area contributed by atoms with Crippen molar-refractivity contribution in [1.29, 1.82) is 0 Å². The van der Waals surface area contributed by atoms with E-state index in [9.17, 15) is 0 Å². The van der Waals surface area contributed by atoms with Crippen LogP contribution in [0.2, 0.25) is 0 Å². The van der Waals surface area contributed by atoms with Crippen molar-refractivity contribution in [1.82, 2.24) is 4.98 Å². The minimum Gasteiger partial charge on any atom is -0.496 e. The fourth-order valence-electron chi connectivity index (χ4n) is 2.04. The van der Waals surface area contributed by atoms with Crippen molar-refractivity contribution in [3.8, 4) is 17.2 Å². The standard InChI is InChI=1S/C16H22N2O2/c1-16(2,3)11-5-6-14(19-4)13(9-11)15-18-12(7-8-17)10-20-15/h5-6,9-10H,7-8,17H2,1-4H3. The summed E-state index contributed by atoms with van der Waals surface area (Å²) in [4.78, 5) is 4.48. The van der Waals surface area contributed by atoms with Crippen LogP contribution in [-0.4, -0.2) is 18.6 Å². The molecule has 1 heterocycles. The van der Waals surface area contributed by atoms with Gasteiger partial charge in [0.05, 0.1) is 18.4 Å². The molecule has 0 unspecified atom stereocenters. The van der Waals surface area contributed by atoms with Gasteiger partial charge >= 0.3 is 0 Å².